The van der Waals surface area contributed by atoms with Gasteiger partial charge in [0.1, 0.15) is 11.3 Å². The highest BCUT2D eigenvalue weighted by Gasteiger charge is 2.22. The van der Waals surface area contributed by atoms with Gasteiger partial charge in [0.05, 0.1) is 11.3 Å². The fourth-order valence-electron chi connectivity index (χ4n) is 5.48. The summed E-state index contributed by atoms with van der Waals surface area (Å²) in [5, 5.41) is 4.88. The van der Waals surface area contributed by atoms with Crippen LogP contribution in [0.2, 0.25) is 0 Å². The van der Waals surface area contributed by atoms with Gasteiger partial charge in [-0.25, -0.2) is 19.6 Å². The average molecular weight is 478 g/mol. The molecule has 5 heterocycles. The molecule has 8 heteroatoms. The van der Waals surface area contributed by atoms with Crippen molar-refractivity contribution in [2.45, 2.75) is 38.0 Å². The van der Waals surface area contributed by atoms with Crippen LogP contribution >= 0.6 is 0 Å². The lowest BCUT2D eigenvalue weighted by atomic mass is 9.97. The van der Waals surface area contributed by atoms with Crippen LogP contribution in [0, 0.1) is 0 Å². The minimum atomic E-state index is 0.431. The van der Waals surface area contributed by atoms with Crippen LogP contribution in [0.1, 0.15) is 42.0 Å². The Balaban J connectivity index is 1.39. The van der Waals surface area contributed by atoms with Crippen LogP contribution in [0.5, 0.6) is 0 Å². The monoisotopic (exact) mass is 477 g/mol. The molecule has 0 amide bonds. The van der Waals surface area contributed by atoms with Crippen molar-refractivity contribution in [3.05, 3.63) is 77.7 Å². The third-order valence-electron chi connectivity index (χ3n) is 7.39. The van der Waals surface area contributed by atoms with Crippen LogP contribution in [-0.2, 0) is 17.6 Å². The number of fused-ring (bicyclic) bond motifs is 2. The zero-order valence-corrected chi connectivity index (χ0v) is 20.0. The predicted molar refractivity (Wildman–Crippen MR) is 138 cm³/mol. The van der Waals surface area contributed by atoms with Crippen LogP contribution in [-0.4, -0.2) is 42.5 Å². The first kappa shape index (κ1) is 21.3. The summed E-state index contributed by atoms with van der Waals surface area (Å²) in [6.45, 7) is 1.59. The molecule has 0 spiro atoms. The molecule has 36 heavy (non-hydrogen) atoms. The van der Waals surface area contributed by atoms with Crippen LogP contribution in [0.15, 0.2) is 60.9 Å². The van der Waals surface area contributed by atoms with E-state index < -0.39 is 0 Å². The van der Waals surface area contributed by atoms with E-state index in [2.05, 4.69) is 33.8 Å². The van der Waals surface area contributed by atoms with Crippen LogP contribution < -0.4 is 5.73 Å². The highest BCUT2D eigenvalue weighted by atomic mass is 16.5. The summed E-state index contributed by atoms with van der Waals surface area (Å²) in [6, 6.07) is 16.6. The van der Waals surface area contributed by atoms with Crippen molar-refractivity contribution in [1.29, 1.82) is 0 Å². The second-order valence-electron chi connectivity index (χ2n) is 9.60. The van der Waals surface area contributed by atoms with Crippen molar-refractivity contribution < 1.29 is 4.74 Å². The number of aromatic nitrogens is 6. The molecule has 0 bridgehead atoms. The second kappa shape index (κ2) is 8.57. The van der Waals surface area contributed by atoms with Crippen molar-refractivity contribution in [3.8, 4) is 22.9 Å². The number of nitrogen functional groups attached to an aromatic ring is 1. The maximum atomic E-state index is 6.30. The summed E-state index contributed by atoms with van der Waals surface area (Å²) >= 11 is 0. The normalized spacial score (nSPS) is 16.0. The molecule has 1 saturated heterocycles. The lowest BCUT2D eigenvalue weighted by Gasteiger charge is -2.19. The number of benzene rings is 1. The van der Waals surface area contributed by atoms with E-state index in [0.29, 0.717) is 11.7 Å². The maximum Gasteiger partial charge on any atom is 0.167 e. The molecular weight excluding hydrogens is 450 g/mol. The van der Waals surface area contributed by atoms with Gasteiger partial charge >= 0.3 is 0 Å². The largest absolute Gasteiger partial charge is 0.383 e. The number of anilines is 1. The third kappa shape index (κ3) is 3.56. The number of hydrogen-bond donors (Lipinski definition) is 1. The van der Waals surface area contributed by atoms with Gasteiger partial charge in [-0.15, -0.1) is 0 Å². The van der Waals surface area contributed by atoms with Gasteiger partial charge in [-0.2, -0.15) is 5.10 Å². The first-order valence-corrected chi connectivity index (χ1v) is 12.6. The highest BCUT2D eigenvalue weighted by Crippen LogP contribution is 2.33. The molecule has 1 fully saturated rings. The summed E-state index contributed by atoms with van der Waals surface area (Å²) in [4.78, 5) is 14.3. The van der Waals surface area contributed by atoms with E-state index in [1.165, 1.54) is 17.5 Å². The summed E-state index contributed by atoms with van der Waals surface area (Å²) < 4.78 is 9.49. The lowest BCUT2D eigenvalue weighted by molar-refractivity contribution is 0.0844. The molecular formula is C28H27N7O. The first-order chi connectivity index (χ1) is 17.7. The van der Waals surface area contributed by atoms with Crippen molar-refractivity contribution in [2.75, 3.05) is 18.9 Å². The molecule has 7 rings (SSSR count). The molecule has 0 saturated carbocycles. The molecule has 2 N–H and O–H groups in total. The Bertz CT molecular complexity index is 1580. The van der Waals surface area contributed by atoms with Crippen LogP contribution in [0.3, 0.4) is 0 Å². The van der Waals surface area contributed by atoms with Gasteiger partial charge in [-0.3, -0.25) is 4.57 Å². The SMILES string of the molecule is Nc1ncccc1-c1nc2ccc(-n3ccc(C4CCOCC4)n3)nc2n1-c1ccc2c(c1)CCC2. The Labute approximate surface area is 208 Å². The Kier molecular flexibility index (Phi) is 5.06. The van der Waals surface area contributed by atoms with Gasteiger partial charge in [-0.1, -0.05) is 6.07 Å². The van der Waals surface area contributed by atoms with E-state index in [1.807, 2.05) is 35.1 Å². The minimum absolute atomic E-state index is 0.431. The molecule has 4 aromatic heterocycles. The van der Waals surface area contributed by atoms with E-state index in [1.54, 1.807) is 6.20 Å². The number of imidazole rings is 1. The number of hydrogen-bond acceptors (Lipinski definition) is 6. The summed E-state index contributed by atoms with van der Waals surface area (Å²) in [5.41, 5.74) is 13.6. The summed E-state index contributed by atoms with van der Waals surface area (Å²) in [5.74, 6) is 2.37. The van der Waals surface area contributed by atoms with E-state index in [-0.39, 0.29) is 0 Å². The Morgan fingerprint density at radius 2 is 1.83 bits per heavy atom. The molecule has 0 atom stereocenters. The van der Waals surface area contributed by atoms with Crippen molar-refractivity contribution >= 4 is 17.0 Å². The Morgan fingerprint density at radius 3 is 2.72 bits per heavy atom. The van der Waals surface area contributed by atoms with E-state index >= 15 is 0 Å². The van der Waals surface area contributed by atoms with Crippen LogP contribution in [0.4, 0.5) is 5.82 Å². The summed E-state index contributed by atoms with van der Waals surface area (Å²) in [6.07, 6.45) is 9.14. The number of ether oxygens (including phenoxy) is 1. The lowest BCUT2D eigenvalue weighted by Crippen LogP contribution is -2.14. The fourth-order valence-corrected chi connectivity index (χ4v) is 5.48. The highest BCUT2D eigenvalue weighted by molar-refractivity contribution is 5.83. The summed E-state index contributed by atoms with van der Waals surface area (Å²) in [7, 11) is 0. The maximum absolute atomic E-state index is 6.30. The topological polar surface area (TPSA) is 96.7 Å². The first-order valence-electron chi connectivity index (χ1n) is 12.6. The molecule has 0 unspecified atom stereocenters. The number of nitrogens with two attached hydrogens (primary N) is 1. The van der Waals surface area contributed by atoms with Crippen molar-refractivity contribution in [3.63, 3.8) is 0 Å². The number of rotatable bonds is 4. The van der Waals surface area contributed by atoms with Gasteiger partial charge in [0.2, 0.25) is 0 Å². The van der Waals surface area contributed by atoms with Crippen LogP contribution in [0.25, 0.3) is 34.1 Å². The van der Waals surface area contributed by atoms with Gasteiger partial charge in [0.25, 0.3) is 0 Å². The molecule has 2 aliphatic rings. The zero-order valence-electron chi connectivity index (χ0n) is 20.0. The molecule has 1 aliphatic carbocycles. The number of nitrogens with zero attached hydrogens (tertiary/aromatic N) is 6. The van der Waals surface area contributed by atoms with Gasteiger partial charge in [-0.05, 0) is 85.7 Å². The van der Waals surface area contributed by atoms with Crippen molar-refractivity contribution in [2.24, 2.45) is 0 Å². The molecule has 5 aromatic rings. The Hall–Kier alpha value is -4.04. The third-order valence-corrected chi connectivity index (χ3v) is 7.39. The zero-order chi connectivity index (χ0) is 24.1. The predicted octanol–water partition coefficient (Wildman–Crippen LogP) is 4.63. The van der Waals surface area contributed by atoms with E-state index in [0.717, 1.165) is 78.6 Å². The van der Waals surface area contributed by atoms with E-state index in [9.17, 15) is 0 Å². The standard InChI is InChI=1S/C28H27N7O/c29-26-22(5-2-13-30-26)27-31-24-8-9-25(34-14-10-23(33-34)19-11-15-36-16-12-19)32-28(24)35(27)21-7-6-18-3-1-4-20(18)17-21/h2,5-10,13-14,17,19H,1,3-4,11-12,15-16H2,(H2,29,30). The molecule has 1 aromatic carbocycles. The molecule has 0 radical (unpaired) electrons. The number of aryl methyl sites for hydroxylation is 2. The molecule has 180 valence electrons. The van der Waals surface area contributed by atoms with E-state index in [4.69, 9.17) is 25.5 Å². The quantitative estimate of drug-likeness (QED) is 0.405. The van der Waals surface area contributed by atoms with Crippen molar-refractivity contribution in [1.82, 2.24) is 29.3 Å². The Morgan fingerprint density at radius 1 is 0.944 bits per heavy atom. The smallest absolute Gasteiger partial charge is 0.167 e. The van der Waals surface area contributed by atoms with Gasteiger partial charge in [0.15, 0.2) is 17.3 Å². The number of pyridine rings is 2. The second-order valence-corrected chi connectivity index (χ2v) is 9.60. The van der Waals surface area contributed by atoms with Gasteiger partial charge < -0.3 is 10.5 Å². The van der Waals surface area contributed by atoms with Gasteiger partial charge in [0, 0.05) is 37.2 Å². The molecule has 1 aliphatic heterocycles. The average Bonchev–Trinajstić information content (AvgIpc) is 3.67. The fraction of sp³-hybridized carbons (Fsp3) is 0.286. The molecule has 8 nitrogen and oxygen atoms in total. The minimum Gasteiger partial charge on any atom is -0.383 e.